The summed E-state index contributed by atoms with van der Waals surface area (Å²) in [7, 11) is 0. The molecule has 44 valence electrons. The van der Waals surface area contributed by atoms with Crippen LogP contribution in [0.1, 0.15) is 6.92 Å². The number of thioether (sulfide) groups is 1. The third kappa shape index (κ3) is 5.50. The van der Waals surface area contributed by atoms with Crippen molar-refractivity contribution in [1.29, 1.82) is 0 Å². The topological polar surface area (TPSA) is 12.4 Å². The zero-order valence-corrected chi connectivity index (χ0v) is 5.74. The van der Waals surface area contributed by atoms with Crippen LogP contribution in [-0.4, -0.2) is 6.72 Å². The fourth-order valence-electron chi connectivity index (χ4n) is 0.190. The van der Waals surface area contributed by atoms with Crippen LogP contribution in [0.5, 0.6) is 0 Å². The summed E-state index contributed by atoms with van der Waals surface area (Å²) >= 11 is 1.55. The van der Waals surface area contributed by atoms with E-state index in [1.54, 1.807) is 18.0 Å². The Morgan fingerprint density at radius 1 is 1.75 bits per heavy atom. The van der Waals surface area contributed by atoms with E-state index in [1.807, 2.05) is 12.3 Å². The van der Waals surface area contributed by atoms with E-state index in [0.717, 1.165) is 4.91 Å². The Hall–Kier alpha value is -0.500. The van der Waals surface area contributed by atoms with E-state index in [0.29, 0.717) is 0 Å². The van der Waals surface area contributed by atoms with Crippen molar-refractivity contribution >= 4 is 18.5 Å². The van der Waals surface area contributed by atoms with Crippen LogP contribution in [0.3, 0.4) is 0 Å². The average Bonchev–Trinajstić information content (AvgIpc) is 1.66. The molecule has 0 aliphatic rings. The zero-order valence-electron chi connectivity index (χ0n) is 4.92. The maximum atomic E-state index is 3.68. The Bertz CT molecular complexity index is 116. The molecule has 2 heteroatoms. The van der Waals surface area contributed by atoms with Crippen LogP contribution in [-0.2, 0) is 0 Å². The Morgan fingerprint density at radius 3 is 2.75 bits per heavy atom. The van der Waals surface area contributed by atoms with Gasteiger partial charge in [0.2, 0.25) is 0 Å². The van der Waals surface area contributed by atoms with Crippen molar-refractivity contribution in [2.75, 3.05) is 0 Å². The van der Waals surface area contributed by atoms with Crippen LogP contribution in [0.4, 0.5) is 0 Å². The molecular weight excluding hydrogens is 118 g/mol. The molecule has 0 rings (SSSR count). The largest absolute Gasteiger partial charge is 0.272 e. The van der Waals surface area contributed by atoms with E-state index in [9.17, 15) is 0 Å². The Morgan fingerprint density at radius 2 is 2.38 bits per heavy atom. The first-order chi connectivity index (χ1) is 3.77. The minimum atomic E-state index is 1.06. The normalized spacial score (nSPS) is 9.62. The van der Waals surface area contributed by atoms with E-state index in [4.69, 9.17) is 0 Å². The van der Waals surface area contributed by atoms with E-state index < -0.39 is 0 Å². The Kier molecular flexibility index (Phi) is 4.36. The van der Waals surface area contributed by atoms with Gasteiger partial charge in [-0.1, -0.05) is 6.58 Å². The van der Waals surface area contributed by atoms with Crippen LogP contribution in [0, 0.1) is 0 Å². The number of hydrogen-bond donors (Lipinski definition) is 0. The summed E-state index contributed by atoms with van der Waals surface area (Å²) in [4.78, 5) is 4.58. The van der Waals surface area contributed by atoms with Crippen LogP contribution >= 0.6 is 11.8 Å². The number of allylic oxidation sites excluding steroid dienone is 1. The van der Waals surface area contributed by atoms with Crippen molar-refractivity contribution in [3.05, 3.63) is 23.1 Å². The predicted octanol–water partition coefficient (Wildman–Crippen LogP) is 2.43. The van der Waals surface area contributed by atoms with E-state index in [2.05, 4.69) is 18.3 Å². The SMILES string of the molecule is C=NC=CSC(=C)C. The van der Waals surface area contributed by atoms with Crippen molar-refractivity contribution in [3.8, 4) is 0 Å². The molecular formula is C6H9NS. The van der Waals surface area contributed by atoms with Gasteiger partial charge in [0.15, 0.2) is 0 Å². The first-order valence-corrected chi connectivity index (χ1v) is 3.08. The molecule has 8 heavy (non-hydrogen) atoms. The second-order valence-corrected chi connectivity index (χ2v) is 2.49. The predicted molar refractivity (Wildman–Crippen MR) is 41.1 cm³/mol. The zero-order chi connectivity index (χ0) is 6.41. The highest BCUT2D eigenvalue weighted by Crippen LogP contribution is 2.12. The van der Waals surface area contributed by atoms with E-state index in [1.165, 1.54) is 0 Å². The molecule has 0 aromatic carbocycles. The summed E-state index contributed by atoms with van der Waals surface area (Å²) in [5.74, 6) is 0. The molecule has 0 N–H and O–H groups in total. The van der Waals surface area contributed by atoms with Crippen molar-refractivity contribution in [2.45, 2.75) is 6.92 Å². The van der Waals surface area contributed by atoms with Crippen molar-refractivity contribution < 1.29 is 0 Å². The first kappa shape index (κ1) is 7.50. The average molecular weight is 127 g/mol. The van der Waals surface area contributed by atoms with Gasteiger partial charge in [-0.3, -0.25) is 4.99 Å². The molecule has 0 radical (unpaired) electrons. The highest BCUT2D eigenvalue weighted by atomic mass is 32.2. The number of nitrogens with zero attached hydrogens (tertiary/aromatic N) is 1. The van der Waals surface area contributed by atoms with Crippen LogP contribution in [0.25, 0.3) is 0 Å². The van der Waals surface area contributed by atoms with Crippen LogP contribution in [0.15, 0.2) is 28.1 Å². The molecule has 0 fully saturated rings. The van der Waals surface area contributed by atoms with Gasteiger partial charge in [-0.15, -0.1) is 11.8 Å². The second-order valence-electron chi connectivity index (χ2n) is 1.29. The summed E-state index contributed by atoms with van der Waals surface area (Å²) < 4.78 is 0. The molecule has 1 nitrogen and oxygen atoms in total. The lowest BCUT2D eigenvalue weighted by atomic mass is 10.8. The molecule has 0 aliphatic carbocycles. The molecule has 0 bridgehead atoms. The summed E-state index contributed by atoms with van der Waals surface area (Å²) in [5, 5.41) is 1.84. The highest BCUT2D eigenvalue weighted by molar-refractivity contribution is 8.05. The molecule has 0 spiro atoms. The first-order valence-electron chi connectivity index (χ1n) is 2.20. The fourth-order valence-corrected chi connectivity index (χ4v) is 0.569. The molecule has 0 saturated carbocycles. The molecule has 0 amide bonds. The maximum absolute atomic E-state index is 3.68. The standard InChI is InChI=1S/C6H9NS/c1-6(2)8-5-4-7-3/h4-5H,1,3H2,2H3. The second kappa shape index (κ2) is 4.65. The van der Waals surface area contributed by atoms with Gasteiger partial charge in [0.05, 0.1) is 0 Å². The van der Waals surface area contributed by atoms with Gasteiger partial charge < -0.3 is 0 Å². The van der Waals surface area contributed by atoms with Gasteiger partial charge in [0, 0.05) is 6.20 Å². The molecule has 0 saturated heterocycles. The van der Waals surface area contributed by atoms with Gasteiger partial charge in [-0.05, 0) is 24.0 Å². The smallest absolute Gasteiger partial charge is 0.0327 e. The molecule has 0 aromatic rings. The minimum Gasteiger partial charge on any atom is -0.272 e. The van der Waals surface area contributed by atoms with Gasteiger partial charge >= 0.3 is 0 Å². The quantitative estimate of drug-likeness (QED) is 0.530. The highest BCUT2D eigenvalue weighted by Gasteiger charge is 1.75. The van der Waals surface area contributed by atoms with Crippen LogP contribution in [0.2, 0.25) is 0 Å². The van der Waals surface area contributed by atoms with E-state index in [-0.39, 0.29) is 0 Å². The Balaban J connectivity index is 3.29. The monoisotopic (exact) mass is 127 g/mol. The lowest BCUT2D eigenvalue weighted by Gasteiger charge is -1.84. The van der Waals surface area contributed by atoms with Crippen LogP contribution < -0.4 is 0 Å². The molecule has 0 aliphatic heterocycles. The maximum Gasteiger partial charge on any atom is 0.0327 e. The summed E-state index contributed by atoms with van der Waals surface area (Å²) in [6, 6.07) is 0. The molecule has 0 heterocycles. The summed E-state index contributed by atoms with van der Waals surface area (Å²) in [5.41, 5.74) is 0. The molecule has 0 unspecified atom stereocenters. The minimum absolute atomic E-state index is 1.06. The van der Waals surface area contributed by atoms with E-state index >= 15 is 0 Å². The van der Waals surface area contributed by atoms with Gasteiger partial charge in [0.25, 0.3) is 0 Å². The molecule has 0 atom stereocenters. The van der Waals surface area contributed by atoms with Crippen molar-refractivity contribution in [3.63, 3.8) is 0 Å². The van der Waals surface area contributed by atoms with Crippen molar-refractivity contribution in [1.82, 2.24) is 0 Å². The van der Waals surface area contributed by atoms with Gasteiger partial charge in [0.1, 0.15) is 0 Å². The Labute approximate surface area is 54.2 Å². The van der Waals surface area contributed by atoms with Gasteiger partial charge in [-0.2, -0.15) is 0 Å². The summed E-state index contributed by atoms with van der Waals surface area (Å²) in [6.07, 6.45) is 1.64. The third-order valence-corrected chi connectivity index (χ3v) is 1.10. The lowest BCUT2D eigenvalue weighted by Crippen LogP contribution is -1.52. The lowest BCUT2D eigenvalue weighted by molar-refractivity contribution is 1.64. The van der Waals surface area contributed by atoms with Gasteiger partial charge in [-0.25, -0.2) is 0 Å². The third-order valence-electron chi connectivity index (χ3n) is 0.435. The van der Waals surface area contributed by atoms with Crippen molar-refractivity contribution in [2.24, 2.45) is 4.99 Å². The fraction of sp³-hybridized carbons (Fsp3) is 0.167. The number of rotatable bonds is 3. The summed E-state index contributed by atoms with van der Waals surface area (Å²) in [6.45, 7) is 8.90. The number of aliphatic imine (C=N–C) groups is 1. The molecule has 0 aromatic heterocycles. The number of hydrogen-bond acceptors (Lipinski definition) is 2.